The Morgan fingerprint density at radius 2 is 2.35 bits per heavy atom. The molecule has 0 atom stereocenters. The Morgan fingerprint density at radius 3 is 3.00 bits per heavy atom. The Morgan fingerprint density at radius 1 is 1.55 bits per heavy atom. The van der Waals surface area contributed by atoms with E-state index in [-0.39, 0.29) is 4.88 Å². The highest BCUT2D eigenvalue weighted by Gasteiger charge is 2.15. The van der Waals surface area contributed by atoms with E-state index in [1.54, 1.807) is 18.7 Å². The van der Waals surface area contributed by atoms with Crippen LogP contribution in [0.4, 0.5) is 0 Å². The number of thioether (sulfide) groups is 1. The molecule has 0 saturated heterocycles. The maximum atomic E-state index is 11.0. The van der Waals surface area contributed by atoms with E-state index < -0.39 is 5.97 Å². The first-order chi connectivity index (χ1) is 9.61. The molecule has 1 aromatic heterocycles. The molecule has 0 aliphatic rings. The average Bonchev–Trinajstić information content (AvgIpc) is 2.82. The molecule has 0 radical (unpaired) electrons. The van der Waals surface area contributed by atoms with Crippen molar-refractivity contribution in [2.45, 2.75) is 12.7 Å². The van der Waals surface area contributed by atoms with Gasteiger partial charge in [-0.2, -0.15) is 5.26 Å². The van der Waals surface area contributed by atoms with Gasteiger partial charge in [0.25, 0.3) is 0 Å². The van der Waals surface area contributed by atoms with E-state index in [1.165, 1.54) is 11.3 Å². The van der Waals surface area contributed by atoms with Gasteiger partial charge in [0.2, 0.25) is 0 Å². The number of nitriles is 1. The van der Waals surface area contributed by atoms with Gasteiger partial charge in [-0.05, 0) is 18.6 Å². The summed E-state index contributed by atoms with van der Waals surface area (Å²) >= 11 is 2.74. The number of aromatic carboxylic acids is 1. The van der Waals surface area contributed by atoms with E-state index in [4.69, 9.17) is 10.4 Å². The summed E-state index contributed by atoms with van der Waals surface area (Å²) < 4.78 is 0. The molecular weight excluding hydrogens is 292 g/mol. The molecule has 1 N–H and O–H groups in total. The normalized spacial score (nSPS) is 10.2. The fourth-order valence-corrected chi connectivity index (χ4v) is 3.24. The van der Waals surface area contributed by atoms with Crippen LogP contribution in [0.15, 0.2) is 24.3 Å². The summed E-state index contributed by atoms with van der Waals surface area (Å²) in [5.41, 5.74) is 2.56. The van der Waals surface area contributed by atoms with E-state index in [0.717, 1.165) is 16.9 Å². The molecule has 0 unspecified atom stereocenters. The molecule has 1 aromatic carbocycles. The highest BCUT2D eigenvalue weighted by molar-refractivity contribution is 7.98. The lowest BCUT2D eigenvalue weighted by Gasteiger charge is -2.01. The van der Waals surface area contributed by atoms with Crippen molar-refractivity contribution >= 4 is 29.1 Å². The Kier molecular flexibility index (Phi) is 4.77. The maximum absolute atomic E-state index is 11.0. The predicted octanol–water partition coefficient (Wildman–Crippen LogP) is 3.57. The van der Waals surface area contributed by atoms with E-state index >= 15 is 0 Å². The summed E-state index contributed by atoms with van der Waals surface area (Å²) in [4.78, 5) is 15.6. The van der Waals surface area contributed by atoms with Gasteiger partial charge in [-0.1, -0.05) is 18.2 Å². The number of carbonyl (C=O) groups is 1. The van der Waals surface area contributed by atoms with Gasteiger partial charge in [0.15, 0.2) is 0 Å². The first kappa shape index (κ1) is 14.6. The number of hydrogen-bond donors (Lipinski definition) is 1. The third kappa shape index (κ3) is 3.38. The lowest BCUT2D eigenvalue weighted by Crippen LogP contribution is -1.94. The zero-order chi connectivity index (χ0) is 14.5. The molecule has 0 fully saturated rings. The van der Waals surface area contributed by atoms with Gasteiger partial charge in [0.05, 0.1) is 17.5 Å². The summed E-state index contributed by atoms with van der Waals surface area (Å²) in [6.45, 7) is 1.70. The number of thiazole rings is 1. The van der Waals surface area contributed by atoms with Crippen molar-refractivity contribution in [1.29, 1.82) is 5.26 Å². The van der Waals surface area contributed by atoms with Gasteiger partial charge in [0.1, 0.15) is 9.88 Å². The number of nitrogens with zero attached hydrogens (tertiary/aromatic N) is 2. The van der Waals surface area contributed by atoms with Crippen molar-refractivity contribution in [3.63, 3.8) is 0 Å². The van der Waals surface area contributed by atoms with Crippen molar-refractivity contribution in [3.05, 3.63) is 40.4 Å². The second-order valence-electron chi connectivity index (χ2n) is 4.09. The van der Waals surface area contributed by atoms with E-state index in [1.807, 2.05) is 24.3 Å². The molecule has 0 saturated carbocycles. The van der Waals surface area contributed by atoms with Gasteiger partial charge in [-0.3, -0.25) is 0 Å². The van der Waals surface area contributed by atoms with Crippen molar-refractivity contribution in [3.8, 4) is 16.6 Å². The molecule has 0 amide bonds. The first-order valence-corrected chi connectivity index (χ1v) is 7.83. The first-order valence-electron chi connectivity index (χ1n) is 5.86. The molecule has 0 aliphatic carbocycles. The Hall–Kier alpha value is -1.84. The molecule has 102 valence electrons. The van der Waals surface area contributed by atoms with Crippen LogP contribution < -0.4 is 0 Å². The summed E-state index contributed by atoms with van der Waals surface area (Å²) in [5.74, 6) is 0.286. The molecule has 0 bridgehead atoms. The quantitative estimate of drug-likeness (QED) is 0.855. The lowest BCUT2D eigenvalue weighted by molar-refractivity contribution is 0.0701. The molecule has 4 nitrogen and oxygen atoms in total. The zero-order valence-corrected chi connectivity index (χ0v) is 12.4. The van der Waals surface area contributed by atoms with Gasteiger partial charge < -0.3 is 5.11 Å². The van der Waals surface area contributed by atoms with Gasteiger partial charge in [-0.25, -0.2) is 9.78 Å². The van der Waals surface area contributed by atoms with Gasteiger partial charge >= 0.3 is 5.97 Å². The van der Waals surface area contributed by atoms with E-state index in [0.29, 0.717) is 16.5 Å². The Balaban J connectivity index is 2.25. The minimum atomic E-state index is -0.938. The number of carboxylic acid groups (broad SMARTS) is 1. The van der Waals surface area contributed by atoms with Crippen LogP contribution in [0.25, 0.3) is 10.6 Å². The molecule has 2 rings (SSSR count). The third-order valence-corrected chi connectivity index (χ3v) is 4.67. The van der Waals surface area contributed by atoms with Gasteiger partial charge in [-0.15, -0.1) is 23.1 Å². The Bertz CT molecular complexity index is 674. The number of rotatable bonds is 5. The minimum Gasteiger partial charge on any atom is -0.477 e. The van der Waals surface area contributed by atoms with Crippen LogP contribution >= 0.6 is 23.1 Å². The largest absolute Gasteiger partial charge is 0.477 e. The second kappa shape index (κ2) is 6.55. The third-order valence-electron chi connectivity index (χ3n) is 2.60. The summed E-state index contributed by atoms with van der Waals surface area (Å²) in [6, 6.07) is 9.93. The smallest absolute Gasteiger partial charge is 0.347 e. The minimum absolute atomic E-state index is 0.282. The topological polar surface area (TPSA) is 74.0 Å². The monoisotopic (exact) mass is 304 g/mol. The average molecular weight is 304 g/mol. The number of carboxylic acids is 1. The summed E-state index contributed by atoms with van der Waals surface area (Å²) in [6.07, 6.45) is 0. The second-order valence-corrected chi connectivity index (χ2v) is 6.07. The Labute approximate surface area is 125 Å². The molecule has 0 aliphatic heterocycles. The van der Waals surface area contributed by atoms with Crippen LogP contribution in [0.3, 0.4) is 0 Å². The van der Waals surface area contributed by atoms with Crippen LogP contribution in [0.5, 0.6) is 0 Å². The summed E-state index contributed by atoms with van der Waals surface area (Å²) in [5, 5.41) is 18.3. The molecule has 6 heteroatoms. The molecule has 2 aromatic rings. The highest BCUT2D eigenvalue weighted by atomic mass is 32.2. The highest BCUT2D eigenvalue weighted by Crippen LogP contribution is 2.29. The maximum Gasteiger partial charge on any atom is 0.347 e. The van der Waals surface area contributed by atoms with Crippen molar-refractivity contribution < 1.29 is 9.90 Å². The van der Waals surface area contributed by atoms with E-state index in [2.05, 4.69) is 11.1 Å². The summed E-state index contributed by atoms with van der Waals surface area (Å²) in [7, 11) is 0. The molecule has 0 spiro atoms. The van der Waals surface area contributed by atoms with Crippen molar-refractivity contribution in [2.75, 3.05) is 5.75 Å². The van der Waals surface area contributed by atoms with Crippen LogP contribution in [-0.4, -0.2) is 21.8 Å². The number of aryl methyl sites for hydroxylation is 1. The van der Waals surface area contributed by atoms with Crippen molar-refractivity contribution in [1.82, 2.24) is 4.98 Å². The van der Waals surface area contributed by atoms with E-state index in [9.17, 15) is 4.79 Å². The number of benzene rings is 1. The molecular formula is C14H12N2O2S2. The fourth-order valence-electron chi connectivity index (χ4n) is 1.73. The van der Waals surface area contributed by atoms with Crippen LogP contribution in [-0.2, 0) is 5.75 Å². The molecule has 1 heterocycles. The molecule has 20 heavy (non-hydrogen) atoms. The SMILES string of the molecule is Cc1nc(-c2cccc(CSCC#N)c2)sc1C(=O)O. The number of aromatic nitrogens is 1. The predicted molar refractivity (Wildman–Crippen MR) is 81.0 cm³/mol. The van der Waals surface area contributed by atoms with Crippen LogP contribution in [0.2, 0.25) is 0 Å². The van der Waals surface area contributed by atoms with Crippen LogP contribution in [0, 0.1) is 18.3 Å². The van der Waals surface area contributed by atoms with Gasteiger partial charge in [0, 0.05) is 11.3 Å². The zero-order valence-electron chi connectivity index (χ0n) is 10.8. The number of hydrogen-bond acceptors (Lipinski definition) is 5. The van der Waals surface area contributed by atoms with Crippen LogP contribution in [0.1, 0.15) is 20.9 Å². The van der Waals surface area contributed by atoms with Crippen molar-refractivity contribution in [2.24, 2.45) is 0 Å². The lowest BCUT2D eigenvalue weighted by atomic mass is 10.1. The standard InChI is InChI=1S/C14H12N2O2S2/c1-9-12(14(17)18)20-13(16-9)11-4-2-3-10(7-11)8-19-6-5-15/h2-4,7H,6,8H2,1H3,(H,17,18). The fraction of sp³-hybridized carbons (Fsp3) is 0.214.